The number of aliphatic carboxylic acids is 1. The van der Waals surface area contributed by atoms with Crippen LogP contribution >= 0.6 is 27.5 Å². The largest absolute Gasteiger partial charge is 0.494 e. The van der Waals surface area contributed by atoms with Crippen LogP contribution in [0, 0.1) is 0 Å². The molecular weight excluding hydrogens is 362 g/mol. The van der Waals surface area contributed by atoms with Gasteiger partial charge < -0.3 is 9.84 Å². The molecule has 0 atom stereocenters. The molecule has 19 heavy (non-hydrogen) atoms. The molecule has 0 amide bonds. The van der Waals surface area contributed by atoms with Gasteiger partial charge in [0.25, 0.3) is 0 Å². The molecule has 0 saturated heterocycles. The summed E-state index contributed by atoms with van der Waals surface area (Å²) in [6.07, 6.45) is -0.316. The van der Waals surface area contributed by atoms with E-state index in [9.17, 15) is 13.2 Å². The average Bonchev–Trinajstić information content (AvgIpc) is 2.27. The Morgan fingerprint density at radius 1 is 1.53 bits per heavy atom. The Kier molecular flexibility index (Phi) is 5.60. The highest BCUT2D eigenvalue weighted by Gasteiger charge is 2.22. The van der Waals surface area contributed by atoms with Crippen molar-refractivity contribution in [2.75, 3.05) is 13.7 Å². The maximum atomic E-state index is 12.0. The Bertz CT molecular complexity index is 590. The quantitative estimate of drug-likeness (QED) is 0.795. The number of ether oxygens (including phenoxy) is 1. The van der Waals surface area contributed by atoms with Gasteiger partial charge in [0.15, 0.2) is 5.75 Å². The number of hydrogen-bond acceptors (Lipinski definition) is 4. The number of benzene rings is 1. The molecule has 0 aliphatic heterocycles. The smallest absolute Gasteiger partial charge is 0.304 e. The number of halogens is 2. The summed E-state index contributed by atoms with van der Waals surface area (Å²) >= 11 is 8.94. The summed E-state index contributed by atoms with van der Waals surface area (Å²) in [5.41, 5.74) is 0. The first-order valence-corrected chi connectivity index (χ1v) is 7.68. The van der Waals surface area contributed by atoms with E-state index in [1.807, 2.05) is 0 Å². The van der Waals surface area contributed by atoms with Gasteiger partial charge in [-0.1, -0.05) is 11.6 Å². The van der Waals surface area contributed by atoms with Crippen LogP contribution in [0.1, 0.15) is 6.42 Å². The van der Waals surface area contributed by atoms with Gasteiger partial charge >= 0.3 is 5.97 Å². The molecule has 1 rings (SSSR count). The number of nitrogens with one attached hydrogen (secondary N) is 1. The zero-order chi connectivity index (χ0) is 14.6. The lowest BCUT2D eigenvalue weighted by atomic mass is 10.3. The van der Waals surface area contributed by atoms with Crippen LogP contribution in [0.15, 0.2) is 21.5 Å². The third-order valence-corrected chi connectivity index (χ3v) is 4.37. The molecule has 0 saturated carbocycles. The Balaban J connectivity index is 3.10. The molecule has 0 unspecified atom stereocenters. The minimum Gasteiger partial charge on any atom is -0.494 e. The van der Waals surface area contributed by atoms with Gasteiger partial charge in [-0.15, -0.1) is 0 Å². The first-order chi connectivity index (χ1) is 8.77. The van der Waals surface area contributed by atoms with Crippen molar-refractivity contribution >= 4 is 43.5 Å². The standard InChI is InChI=1S/C10H11BrClNO5S/c1-18-10-7(11)4-6(12)5-8(10)19(16,17)13-3-2-9(14)15/h4-5,13H,2-3H2,1H3,(H,14,15). The van der Waals surface area contributed by atoms with Crippen molar-refractivity contribution in [3.8, 4) is 5.75 Å². The first kappa shape index (κ1) is 16.2. The third-order valence-electron chi connectivity index (χ3n) is 2.10. The normalized spacial score (nSPS) is 11.3. The van der Waals surface area contributed by atoms with Gasteiger partial charge in [0.05, 0.1) is 18.0 Å². The van der Waals surface area contributed by atoms with Gasteiger partial charge in [0.2, 0.25) is 10.0 Å². The molecule has 106 valence electrons. The predicted molar refractivity (Wildman–Crippen MR) is 73.1 cm³/mol. The summed E-state index contributed by atoms with van der Waals surface area (Å²) in [5, 5.41) is 8.70. The third kappa shape index (κ3) is 4.34. The highest BCUT2D eigenvalue weighted by atomic mass is 79.9. The molecule has 1 aromatic rings. The van der Waals surface area contributed by atoms with Crippen molar-refractivity contribution < 1.29 is 23.1 Å². The van der Waals surface area contributed by atoms with Crippen LogP contribution in [0.25, 0.3) is 0 Å². The van der Waals surface area contributed by atoms with Gasteiger partial charge in [-0.3, -0.25) is 4.79 Å². The van der Waals surface area contributed by atoms with Crippen molar-refractivity contribution in [3.05, 3.63) is 21.6 Å². The molecule has 0 aliphatic rings. The van der Waals surface area contributed by atoms with Gasteiger partial charge in [-0.2, -0.15) is 0 Å². The molecule has 1 aromatic carbocycles. The first-order valence-electron chi connectivity index (χ1n) is 5.02. The van der Waals surface area contributed by atoms with Crippen LogP contribution in [0.2, 0.25) is 5.02 Å². The van der Waals surface area contributed by atoms with Gasteiger partial charge in [-0.25, -0.2) is 13.1 Å². The van der Waals surface area contributed by atoms with Crippen molar-refractivity contribution in [2.24, 2.45) is 0 Å². The fourth-order valence-electron chi connectivity index (χ4n) is 1.30. The number of sulfonamides is 1. The number of methoxy groups -OCH3 is 1. The van der Waals surface area contributed by atoms with E-state index in [0.717, 1.165) is 0 Å². The van der Waals surface area contributed by atoms with Crippen molar-refractivity contribution in [1.29, 1.82) is 0 Å². The highest BCUT2D eigenvalue weighted by Crippen LogP contribution is 2.35. The minimum atomic E-state index is -3.90. The molecule has 6 nitrogen and oxygen atoms in total. The van der Waals surface area contributed by atoms with E-state index in [0.29, 0.717) is 4.47 Å². The Labute approximate surface area is 123 Å². The van der Waals surface area contributed by atoms with E-state index in [1.165, 1.54) is 19.2 Å². The fourth-order valence-corrected chi connectivity index (χ4v) is 3.72. The molecule has 0 heterocycles. The van der Waals surface area contributed by atoms with E-state index in [4.69, 9.17) is 21.4 Å². The Morgan fingerprint density at radius 2 is 2.16 bits per heavy atom. The molecule has 2 N–H and O–H groups in total. The van der Waals surface area contributed by atoms with Crippen molar-refractivity contribution in [1.82, 2.24) is 4.72 Å². The molecular formula is C10H11BrClNO5S. The van der Waals surface area contributed by atoms with Crippen LogP contribution in [-0.2, 0) is 14.8 Å². The van der Waals surface area contributed by atoms with Crippen molar-refractivity contribution in [3.63, 3.8) is 0 Å². The second kappa shape index (κ2) is 6.56. The zero-order valence-corrected chi connectivity index (χ0v) is 13.0. The summed E-state index contributed by atoms with van der Waals surface area (Å²) in [6.45, 7) is -0.217. The summed E-state index contributed by atoms with van der Waals surface area (Å²) in [7, 11) is -2.57. The lowest BCUT2D eigenvalue weighted by molar-refractivity contribution is -0.136. The number of rotatable bonds is 6. The Morgan fingerprint density at radius 3 is 2.68 bits per heavy atom. The van der Waals surface area contributed by atoms with Crippen LogP contribution in [0.4, 0.5) is 0 Å². The summed E-state index contributed by atoms with van der Waals surface area (Å²) in [6, 6.07) is 2.73. The summed E-state index contributed by atoms with van der Waals surface area (Å²) in [5.74, 6) is -0.992. The summed E-state index contributed by atoms with van der Waals surface area (Å²) < 4.78 is 31.6. The molecule has 0 bridgehead atoms. The molecule has 0 spiro atoms. The van der Waals surface area contributed by atoms with E-state index in [-0.39, 0.29) is 28.6 Å². The fraction of sp³-hybridized carbons (Fsp3) is 0.300. The molecule has 0 aliphatic carbocycles. The zero-order valence-electron chi connectivity index (χ0n) is 9.81. The molecule has 0 radical (unpaired) electrons. The van der Waals surface area contributed by atoms with E-state index in [2.05, 4.69) is 20.7 Å². The predicted octanol–water partition coefficient (Wildman–Crippen LogP) is 1.86. The second-order valence-corrected chi connectivity index (χ2v) is 6.49. The maximum absolute atomic E-state index is 12.0. The molecule has 0 aromatic heterocycles. The van der Waals surface area contributed by atoms with Gasteiger partial charge in [0.1, 0.15) is 4.90 Å². The molecule has 9 heteroatoms. The van der Waals surface area contributed by atoms with Crippen LogP contribution in [0.3, 0.4) is 0 Å². The minimum absolute atomic E-state index is 0.104. The van der Waals surface area contributed by atoms with Gasteiger partial charge in [0, 0.05) is 11.6 Å². The van der Waals surface area contributed by atoms with E-state index < -0.39 is 16.0 Å². The highest BCUT2D eigenvalue weighted by molar-refractivity contribution is 9.10. The number of carboxylic acids is 1. The lowest BCUT2D eigenvalue weighted by Crippen LogP contribution is -2.26. The maximum Gasteiger partial charge on any atom is 0.304 e. The lowest BCUT2D eigenvalue weighted by Gasteiger charge is -2.12. The SMILES string of the molecule is COc1c(Br)cc(Cl)cc1S(=O)(=O)NCCC(=O)O. The van der Waals surface area contributed by atoms with Crippen LogP contribution in [0.5, 0.6) is 5.75 Å². The second-order valence-electron chi connectivity index (χ2n) is 3.46. The average molecular weight is 373 g/mol. The van der Waals surface area contributed by atoms with Gasteiger partial charge in [-0.05, 0) is 28.1 Å². The van der Waals surface area contributed by atoms with E-state index in [1.54, 1.807) is 0 Å². The summed E-state index contributed by atoms with van der Waals surface area (Å²) in [4.78, 5) is 10.2. The van der Waals surface area contributed by atoms with Crippen LogP contribution in [-0.4, -0.2) is 33.1 Å². The van der Waals surface area contributed by atoms with E-state index >= 15 is 0 Å². The monoisotopic (exact) mass is 371 g/mol. The Hall–Kier alpha value is -0.830. The number of hydrogen-bond donors (Lipinski definition) is 2. The van der Waals surface area contributed by atoms with Crippen LogP contribution < -0.4 is 9.46 Å². The van der Waals surface area contributed by atoms with Crippen molar-refractivity contribution in [2.45, 2.75) is 11.3 Å². The topological polar surface area (TPSA) is 92.7 Å². The number of carbonyl (C=O) groups is 1. The molecule has 0 fully saturated rings. The number of carboxylic acid groups (broad SMARTS) is 1.